The Morgan fingerprint density at radius 1 is 1.50 bits per heavy atom. The molecule has 0 aliphatic heterocycles. The number of nitrogens with zero attached hydrogens (tertiary/aromatic N) is 2. The number of aromatic nitrogens is 2. The van der Waals surface area contributed by atoms with Gasteiger partial charge in [-0.05, 0) is 30.5 Å². The van der Waals surface area contributed by atoms with E-state index in [1.807, 2.05) is 0 Å². The Bertz CT molecular complexity index is 670. The number of amides is 1. The third-order valence-electron chi connectivity index (χ3n) is 3.77. The van der Waals surface area contributed by atoms with Gasteiger partial charge in [0.25, 0.3) is 5.91 Å². The van der Waals surface area contributed by atoms with Crippen LogP contribution in [0.4, 0.5) is 0 Å². The Hall–Kier alpha value is -1.92. The summed E-state index contributed by atoms with van der Waals surface area (Å²) in [4.78, 5) is 16.2. The van der Waals surface area contributed by atoms with Crippen molar-refractivity contribution in [1.82, 2.24) is 15.5 Å². The van der Waals surface area contributed by atoms with Gasteiger partial charge in [-0.3, -0.25) is 4.79 Å². The average molecular weight is 322 g/mol. The highest BCUT2D eigenvalue weighted by Gasteiger charge is 2.25. The maximum absolute atomic E-state index is 11.9. The molecule has 1 atom stereocenters. The van der Waals surface area contributed by atoms with Crippen LogP contribution in [0.3, 0.4) is 0 Å². The van der Waals surface area contributed by atoms with E-state index in [0.717, 1.165) is 12.8 Å². The minimum absolute atomic E-state index is 0.118. The second-order valence-corrected chi connectivity index (χ2v) is 5.79. The zero-order valence-electron chi connectivity index (χ0n) is 11.8. The monoisotopic (exact) mass is 321 g/mol. The van der Waals surface area contributed by atoms with Gasteiger partial charge in [0.05, 0.1) is 6.54 Å². The molecule has 1 heterocycles. The van der Waals surface area contributed by atoms with Gasteiger partial charge in [0.15, 0.2) is 11.9 Å². The van der Waals surface area contributed by atoms with Crippen molar-refractivity contribution in [3.05, 3.63) is 46.6 Å². The highest BCUT2D eigenvalue weighted by molar-refractivity contribution is 6.30. The Balaban J connectivity index is 1.56. The molecule has 0 saturated heterocycles. The normalized spacial score (nSPS) is 16.1. The molecule has 2 N–H and O–H groups in total. The fourth-order valence-corrected chi connectivity index (χ4v) is 2.45. The number of nitrogens with one attached hydrogen (secondary N) is 1. The van der Waals surface area contributed by atoms with Gasteiger partial charge in [-0.2, -0.15) is 4.98 Å². The average Bonchev–Trinajstić information content (AvgIpc) is 2.90. The van der Waals surface area contributed by atoms with E-state index < -0.39 is 12.0 Å². The minimum Gasteiger partial charge on any atom is -0.378 e. The van der Waals surface area contributed by atoms with Crippen LogP contribution in [-0.4, -0.2) is 21.2 Å². The first-order chi connectivity index (χ1) is 10.6. The van der Waals surface area contributed by atoms with Crippen LogP contribution >= 0.6 is 11.6 Å². The van der Waals surface area contributed by atoms with Crippen LogP contribution in [0.5, 0.6) is 0 Å². The first-order valence-corrected chi connectivity index (χ1v) is 7.55. The van der Waals surface area contributed by atoms with E-state index >= 15 is 0 Å². The molecule has 0 unspecified atom stereocenters. The van der Waals surface area contributed by atoms with Crippen molar-refractivity contribution >= 4 is 17.5 Å². The quantitative estimate of drug-likeness (QED) is 0.882. The number of halogens is 1. The second kappa shape index (κ2) is 6.46. The summed E-state index contributed by atoms with van der Waals surface area (Å²) < 4.78 is 5.17. The van der Waals surface area contributed by atoms with Gasteiger partial charge in [-0.1, -0.05) is 35.3 Å². The number of rotatable bonds is 5. The van der Waals surface area contributed by atoms with Crippen molar-refractivity contribution in [2.75, 3.05) is 0 Å². The SMILES string of the molecule is O=C(NCc1noc(C2CCC2)n1)[C@@H](O)c1cccc(Cl)c1. The smallest absolute Gasteiger partial charge is 0.253 e. The highest BCUT2D eigenvalue weighted by atomic mass is 35.5. The number of aliphatic hydroxyl groups is 1. The summed E-state index contributed by atoms with van der Waals surface area (Å²) in [5, 5.41) is 16.9. The summed E-state index contributed by atoms with van der Waals surface area (Å²) >= 11 is 5.84. The molecule has 0 bridgehead atoms. The van der Waals surface area contributed by atoms with E-state index in [-0.39, 0.29) is 6.54 Å². The third-order valence-corrected chi connectivity index (χ3v) is 4.01. The third kappa shape index (κ3) is 3.28. The molecule has 116 valence electrons. The molecule has 7 heteroatoms. The molecular weight excluding hydrogens is 306 g/mol. The minimum atomic E-state index is -1.28. The van der Waals surface area contributed by atoms with E-state index in [1.165, 1.54) is 6.42 Å². The molecule has 0 radical (unpaired) electrons. The molecule has 3 rings (SSSR count). The molecule has 1 fully saturated rings. The molecule has 1 aliphatic rings. The molecule has 1 aromatic heterocycles. The van der Waals surface area contributed by atoms with Gasteiger partial charge >= 0.3 is 0 Å². The lowest BCUT2D eigenvalue weighted by molar-refractivity contribution is -0.129. The number of hydrogen-bond donors (Lipinski definition) is 2. The summed E-state index contributed by atoms with van der Waals surface area (Å²) in [6.07, 6.45) is 2.05. The van der Waals surface area contributed by atoms with E-state index in [0.29, 0.717) is 28.2 Å². The summed E-state index contributed by atoms with van der Waals surface area (Å²) in [6, 6.07) is 6.54. The number of hydrogen-bond acceptors (Lipinski definition) is 5. The van der Waals surface area contributed by atoms with Crippen molar-refractivity contribution in [3.8, 4) is 0 Å². The van der Waals surface area contributed by atoms with Crippen LogP contribution < -0.4 is 5.32 Å². The molecule has 1 amide bonds. The lowest BCUT2D eigenvalue weighted by Gasteiger charge is -2.20. The largest absolute Gasteiger partial charge is 0.378 e. The van der Waals surface area contributed by atoms with Crippen LogP contribution in [0.2, 0.25) is 5.02 Å². The Morgan fingerprint density at radius 3 is 3.00 bits per heavy atom. The van der Waals surface area contributed by atoms with Crippen LogP contribution in [0.25, 0.3) is 0 Å². The van der Waals surface area contributed by atoms with Gasteiger partial charge in [0.2, 0.25) is 5.89 Å². The summed E-state index contributed by atoms with van der Waals surface area (Å²) in [6.45, 7) is 0.118. The summed E-state index contributed by atoms with van der Waals surface area (Å²) in [5.41, 5.74) is 0.438. The molecule has 0 spiro atoms. The van der Waals surface area contributed by atoms with Crippen molar-refractivity contribution in [2.24, 2.45) is 0 Å². The fraction of sp³-hybridized carbons (Fsp3) is 0.400. The first-order valence-electron chi connectivity index (χ1n) is 7.17. The molecular formula is C15H16ClN3O3. The van der Waals surface area contributed by atoms with Crippen molar-refractivity contribution in [2.45, 2.75) is 37.8 Å². The Morgan fingerprint density at radius 2 is 2.32 bits per heavy atom. The molecule has 1 saturated carbocycles. The van der Waals surface area contributed by atoms with Crippen molar-refractivity contribution < 1.29 is 14.4 Å². The standard InChI is InChI=1S/C15H16ClN3O3/c16-11-6-2-5-10(7-11)13(20)14(21)17-8-12-18-15(22-19-12)9-3-1-4-9/h2,5-7,9,13,20H,1,3-4,8H2,(H,17,21)/t13-/m0/s1. The predicted octanol–water partition coefficient (Wildman–Crippen LogP) is 2.34. The maximum atomic E-state index is 11.9. The molecule has 1 aromatic carbocycles. The summed E-state index contributed by atoms with van der Waals surface area (Å²) in [5.74, 6) is 0.866. The van der Waals surface area contributed by atoms with E-state index in [2.05, 4.69) is 15.5 Å². The Labute approximate surface area is 132 Å². The zero-order valence-corrected chi connectivity index (χ0v) is 12.6. The van der Waals surface area contributed by atoms with Crippen LogP contribution in [0.1, 0.15) is 48.6 Å². The van der Waals surface area contributed by atoms with Crippen molar-refractivity contribution in [3.63, 3.8) is 0 Å². The number of benzene rings is 1. The Kier molecular flexibility index (Phi) is 4.40. The summed E-state index contributed by atoms with van der Waals surface area (Å²) in [7, 11) is 0. The molecule has 6 nitrogen and oxygen atoms in total. The molecule has 22 heavy (non-hydrogen) atoms. The number of carbonyl (C=O) groups excluding carboxylic acids is 1. The van der Waals surface area contributed by atoms with Crippen molar-refractivity contribution in [1.29, 1.82) is 0 Å². The van der Waals surface area contributed by atoms with Gasteiger partial charge in [-0.25, -0.2) is 0 Å². The molecule has 2 aromatic rings. The topological polar surface area (TPSA) is 88.3 Å². The number of carbonyl (C=O) groups is 1. The predicted molar refractivity (Wildman–Crippen MR) is 79.1 cm³/mol. The van der Waals surface area contributed by atoms with Crippen LogP contribution in [-0.2, 0) is 11.3 Å². The van der Waals surface area contributed by atoms with E-state index in [4.69, 9.17) is 16.1 Å². The van der Waals surface area contributed by atoms with E-state index in [9.17, 15) is 9.90 Å². The number of aliphatic hydroxyl groups excluding tert-OH is 1. The lowest BCUT2D eigenvalue weighted by atomic mass is 9.85. The molecule has 1 aliphatic carbocycles. The van der Waals surface area contributed by atoms with Gasteiger partial charge < -0.3 is 14.9 Å². The van der Waals surface area contributed by atoms with Crippen LogP contribution in [0, 0.1) is 0 Å². The van der Waals surface area contributed by atoms with Gasteiger partial charge in [0, 0.05) is 10.9 Å². The van der Waals surface area contributed by atoms with Gasteiger partial charge in [0.1, 0.15) is 0 Å². The van der Waals surface area contributed by atoms with E-state index in [1.54, 1.807) is 24.3 Å². The maximum Gasteiger partial charge on any atom is 0.253 e. The lowest BCUT2D eigenvalue weighted by Crippen LogP contribution is -2.29. The van der Waals surface area contributed by atoms with Gasteiger partial charge in [-0.15, -0.1) is 0 Å². The van der Waals surface area contributed by atoms with Crippen LogP contribution in [0.15, 0.2) is 28.8 Å². The zero-order chi connectivity index (χ0) is 15.5. The fourth-order valence-electron chi connectivity index (χ4n) is 2.25. The highest BCUT2D eigenvalue weighted by Crippen LogP contribution is 2.35. The second-order valence-electron chi connectivity index (χ2n) is 5.35. The first kappa shape index (κ1) is 15.0.